The Labute approximate surface area is 296 Å². The summed E-state index contributed by atoms with van der Waals surface area (Å²) < 4.78 is 53.2. The van der Waals surface area contributed by atoms with Gasteiger partial charge >= 0.3 is 6.01 Å². The van der Waals surface area contributed by atoms with Gasteiger partial charge < -0.3 is 24.5 Å². The normalized spacial score (nSPS) is 20.8. The number of terminal acetylenes is 1. The number of likely N-dealkylation sites (N-methyl/N-ethyl adjacent to an activating group) is 1. The molecule has 3 aromatic carbocycles. The van der Waals surface area contributed by atoms with E-state index in [1.165, 1.54) is 41.7 Å². The number of hydrogen-bond acceptors (Lipinski definition) is 9. The van der Waals surface area contributed by atoms with Crippen molar-refractivity contribution in [2.75, 3.05) is 38.2 Å². The van der Waals surface area contributed by atoms with E-state index in [0.717, 1.165) is 19.4 Å². The first kappa shape index (κ1) is 33.0. The Morgan fingerprint density at radius 1 is 1.12 bits per heavy atom. The number of aromatic hydroxyl groups is 1. The molecule has 3 aliphatic rings. The summed E-state index contributed by atoms with van der Waals surface area (Å²) in [6.07, 6.45) is 11.8. The van der Waals surface area contributed by atoms with Gasteiger partial charge in [-0.2, -0.15) is 9.97 Å². The third-order valence-electron chi connectivity index (χ3n) is 10.3. The number of piperazine rings is 1. The zero-order chi connectivity index (χ0) is 35.4. The molecule has 0 spiro atoms. The lowest BCUT2D eigenvalue weighted by Gasteiger charge is -2.41. The molecule has 0 saturated carbocycles. The van der Waals surface area contributed by atoms with Gasteiger partial charge in [0.25, 0.3) is 5.91 Å². The van der Waals surface area contributed by atoms with Crippen molar-refractivity contribution in [3.63, 3.8) is 0 Å². The number of rotatable bonds is 7. The Morgan fingerprint density at radius 2 is 1.92 bits per heavy atom. The van der Waals surface area contributed by atoms with Gasteiger partial charge in [0.1, 0.15) is 34.5 Å². The summed E-state index contributed by atoms with van der Waals surface area (Å²) >= 11 is 1.25. The molecular formula is C38H33F3N6O3S. The van der Waals surface area contributed by atoms with Crippen molar-refractivity contribution in [1.29, 1.82) is 0 Å². The molecule has 5 heterocycles. The van der Waals surface area contributed by atoms with Gasteiger partial charge in [-0.25, -0.2) is 18.2 Å². The molecule has 3 atom stereocenters. The highest BCUT2D eigenvalue weighted by Gasteiger charge is 2.44. The number of aromatic nitrogens is 3. The van der Waals surface area contributed by atoms with E-state index < -0.39 is 23.4 Å². The highest BCUT2D eigenvalue weighted by molar-refractivity contribution is 7.10. The minimum absolute atomic E-state index is 0.00625. The van der Waals surface area contributed by atoms with E-state index >= 15 is 8.78 Å². The van der Waals surface area contributed by atoms with E-state index in [0.29, 0.717) is 54.1 Å². The summed E-state index contributed by atoms with van der Waals surface area (Å²) in [5.41, 5.74) is 0.210. The minimum atomic E-state index is -0.864. The third kappa shape index (κ3) is 5.92. The van der Waals surface area contributed by atoms with Gasteiger partial charge in [0.05, 0.1) is 17.6 Å². The molecule has 51 heavy (non-hydrogen) atoms. The SMILES string of the molecule is C#Cc1c(F)ccc2cc(O)cc(-c3ccc4c(N5C[C@H]6CC[C@@H](C5)N6C(=O)/C(F)=C/c5nccs5)nc(OC[C@@H]5CCCN5C)nc4c3F)c12. The number of phenols is 1. The van der Waals surface area contributed by atoms with Gasteiger partial charge in [0.2, 0.25) is 0 Å². The minimum Gasteiger partial charge on any atom is -0.508 e. The van der Waals surface area contributed by atoms with Gasteiger partial charge in [0.15, 0.2) is 11.6 Å². The number of likely N-dealkylation sites (tertiary alicyclic amines) is 1. The molecule has 9 nitrogen and oxygen atoms in total. The summed E-state index contributed by atoms with van der Waals surface area (Å²) in [5, 5.41) is 13.9. The number of carbonyl (C=O) groups is 1. The number of nitrogens with zero attached hydrogens (tertiary/aromatic N) is 6. The first-order valence-corrected chi connectivity index (χ1v) is 17.7. The number of benzene rings is 3. The molecule has 5 aromatic rings. The van der Waals surface area contributed by atoms with Crippen LogP contribution in [0.25, 0.3) is 38.9 Å². The van der Waals surface area contributed by atoms with Crippen LogP contribution >= 0.6 is 11.3 Å². The smallest absolute Gasteiger partial charge is 0.319 e. The van der Waals surface area contributed by atoms with Crippen LogP contribution in [0.3, 0.4) is 0 Å². The predicted octanol–water partition coefficient (Wildman–Crippen LogP) is 6.53. The van der Waals surface area contributed by atoms with Crippen molar-refractivity contribution >= 4 is 50.8 Å². The average Bonchev–Trinajstić information content (AvgIpc) is 3.85. The van der Waals surface area contributed by atoms with Crippen molar-refractivity contribution < 1.29 is 27.8 Å². The van der Waals surface area contributed by atoms with Crippen molar-refractivity contribution in [1.82, 2.24) is 24.8 Å². The number of carbonyl (C=O) groups excluding carboxylic acids is 1. The number of anilines is 1. The number of hydrogen-bond donors (Lipinski definition) is 1. The number of thiazole rings is 1. The lowest BCUT2D eigenvalue weighted by atomic mass is 9.93. The van der Waals surface area contributed by atoms with Gasteiger partial charge in [-0.05, 0) is 74.5 Å². The van der Waals surface area contributed by atoms with Crippen molar-refractivity contribution in [2.45, 2.75) is 43.8 Å². The fraction of sp³-hybridized carbons (Fsp3) is 0.316. The molecule has 2 bridgehead atoms. The molecule has 0 aliphatic carbocycles. The summed E-state index contributed by atoms with van der Waals surface area (Å²) in [5.74, 6) is -0.220. The molecular weight excluding hydrogens is 678 g/mol. The highest BCUT2D eigenvalue weighted by atomic mass is 32.1. The maximum Gasteiger partial charge on any atom is 0.319 e. The number of ether oxygens (including phenoxy) is 1. The van der Waals surface area contributed by atoms with Crippen molar-refractivity contribution in [2.24, 2.45) is 0 Å². The van der Waals surface area contributed by atoms with Gasteiger partial charge in [-0.3, -0.25) is 4.79 Å². The number of fused-ring (bicyclic) bond motifs is 4. The molecule has 3 fully saturated rings. The number of amides is 1. The topological polar surface area (TPSA) is 94.9 Å². The predicted molar refractivity (Wildman–Crippen MR) is 190 cm³/mol. The van der Waals surface area contributed by atoms with Crippen LogP contribution in [-0.4, -0.2) is 87.2 Å². The van der Waals surface area contributed by atoms with E-state index in [9.17, 15) is 14.3 Å². The van der Waals surface area contributed by atoms with Crippen LogP contribution in [0.1, 0.15) is 36.3 Å². The van der Waals surface area contributed by atoms with Crippen LogP contribution in [0, 0.1) is 24.0 Å². The fourth-order valence-corrected chi connectivity index (χ4v) is 8.34. The van der Waals surface area contributed by atoms with Gasteiger partial charge in [-0.1, -0.05) is 18.1 Å². The van der Waals surface area contributed by atoms with Crippen molar-refractivity contribution in [3.05, 3.63) is 76.0 Å². The Morgan fingerprint density at radius 3 is 2.63 bits per heavy atom. The van der Waals surface area contributed by atoms with E-state index in [1.54, 1.807) is 28.6 Å². The molecule has 8 rings (SSSR count). The van der Waals surface area contributed by atoms with Gasteiger partial charge in [-0.15, -0.1) is 17.8 Å². The van der Waals surface area contributed by atoms with Crippen molar-refractivity contribution in [3.8, 4) is 35.2 Å². The van der Waals surface area contributed by atoms with Gasteiger partial charge in [0, 0.05) is 53.1 Å². The van der Waals surface area contributed by atoms with Crippen LogP contribution in [0.5, 0.6) is 11.8 Å². The number of halogens is 3. The highest BCUT2D eigenvalue weighted by Crippen LogP contribution is 2.41. The summed E-state index contributed by atoms with van der Waals surface area (Å²) in [6.45, 7) is 1.94. The Balaban J connectivity index is 1.20. The number of phenolic OH excluding ortho intramolecular Hbond substituents is 1. The van der Waals surface area contributed by atoms with E-state index in [4.69, 9.17) is 16.1 Å². The molecule has 260 valence electrons. The van der Waals surface area contributed by atoms with Crippen LogP contribution < -0.4 is 9.64 Å². The monoisotopic (exact) mass is 710 g/mol. The lowest BCUT2D eigenvalue weighted by Crippen LogP contribution is -2.56. The molecule has 0 radical (unpaired) electrons. The Kier molecular flexibility index (Phi) is 8.52. The first-order valence-electron chi connectivity index (χ1n) is 16.8. The van der Waals surface area contributed by atoms with Crippen LogP contribution in [0.15, 0.2) is 53.8 Å². The largest absolute Gasteiger partial charge is 0.508 e. The fourth-order valence-electron chi connectivity index (χ4n) is 7.79. The third-order valence-corrected chi connectivity index (χ3v) is 11.0. The second-order valence-corrected chi connectivity index (χ2v) is 14.2. The maximum atomic E-state index is 17.0. The molecule has 1 amide bonds. The molecule has 1 N–H and O–H groups in total. The standard InChI is InChI=1S/C38H33F3N6O3S/c1-3-26-30(39)11-6-21-15-25(48)16-29(33(21)26)27-9-10-28-35(34(27)41)43-38(50-20-24-5-4-13-45(24)2)44-36(28)46-18-22-7-8-23(19-46)47(22)37(49)31(40)17-32-42-12-14-51-32/h1,6,9-12,14-17,22-24,48H,4-5,7-8,13,18-20H2,2H3/b31-17-/t22-,23+,24-/m0/s1. The van der Waals surface area contributed by atoms with Crippen LogP contribution in [0.2, 0.25) is 0 Å². The quantitative estimate of drug-likeness (QED) is 0.151. The molecule has 3 aliphatic heterocycles. The Hall–Kier alpha value is -5.19. The van der Waals surface area contributed by atoms with Crippen LogP contribution in [-0.2, 0) is 4.79 Å². The molecule has 0 unspecified atom stereocenters. The second-order valence-electron chi connectivity index (χ2n) is 13.3. The van der Waals surface area contributed by atoms with E-state index in [-0.39, 0.29) is 57.5 Å². The van der Waals surface area contributed by atoms with E-state index in [2.05, 4.69) is 20.8 Å². The molecule has 2 aromatic heterocycles. The zero-order valence-electron chi connectivity index (χ0n) is 27.7. The summed E-state index contributed by atoms with van der Waals surface area (Å²) in [7, 11) is 2.03. The lowest BCUT2D eigenvalue weighted by molar-refractivity contribution is -0.131. The molecule has 13 heteroatoms. The Bertz CT molecular complexity index is 2240. The second kappa shape index (κ2) is 13.2. The molecule has 3 saturated heterocycles. The zero-order valence-corrected chi connectivity index (χ0v) is 28.5. The summed E-state index contributed by atoms with van der Waals surface area (Å²) in [4.78, 5) is 32.5. The van der Waals surface area contributed by atoms with Crippen LogP contribution in [0.4, 0.5) is 19.0 Å². The first-order chi connectivity index (χ1) is 24.7. The maximum absolute atomic E-state index is 17.0. The average molecular weight is 711 g/mol. The van der Waals surface area contributed by atoms with E-state index in [1.807, 2.05) is 11.9 Å². The summed E-state index contributed by atoms with van der Waals surface area (Å²) in [6, 6.07) is 8.30.